The second kappa shape index (κ2) is 7.49. The molecule has 20 heavy (non-hydrogen) atoms. The Hall–Kier alpha value is -2.08. The van der Waals surface area contributed by atoms with Crippen molar-refractivity contribution in [2.75, 3.05) is 18.8 Å². The summed E-state index contributed by atoms with van der Waals surface area (Å²) in [5.41, 5.74) is 11.8. The molecule has 0 heterocycles. The molecule has 0 aromatic heterocycles. The molecule has 6 nitrogen and oxygen atoms in total. The first-order valence-electron chi connectivity index (χ1n) is 6.57. The van der Waals surface area contributed by atoms with E-state index in [2.05, 4.69) is 0 Å². The summed E-state index contributed by atoms with van der Waals surface area (Å²) < 4.78 is 0. The smallest absolute Gasteiger partial charge is 0.338 e. The number of nitrogens with two attached hydrogens (primary N) is 2. The molecule has 0 aliphatic rings. The van der Waals surface area contributed by atoms with Gasteiger partial charge in [-0.1, -0.05) is 25.5 Å². The predicted octanol–water partition coefficient (Wildman–Crippen LogP) is 1.05. The van der Waals surface area contributed by atoms with Crippen molar-refractivity contribution < 1.29 is 14.7 Å². The van der Waals surface area contributed by atoms with Crippen molar-refractivity contribution in [2.24, 2.45) is 5.73 Å². The zero-order chi connectivity index (χ0) is 15.1. The van der Waals surface area contributed by atoms with Crippen LogP contribution in [0.3, 0.4) is 0 Å². The van der Waals surface area contributed by atoms with E-state index < -0.39 is 11.9 Å². The Balaban J connectivity index is 2.95. The van der Waals surface area contributed by atoms with E-state index in [1.165, 1.54) is 0 Å². The van der Waals surface area contributed by atoms with E-state index in [0.717, 1.165) is 12.8 Å². The van der Waals surface area contributed by atoms with Crippen molar-refractivity contribution in [1.29, 1.82) is 0 Å². The lowest BCUT2D eigenvalue weighted by molar-refractivity contribution is -0.119. The number of benzene rings is 1. The number of hydrogen-bond donors (Lipinski definition) is 3. The van der Waals surface area contributed by atoms with Gasteiger partial charge in [-0.2, -0.15) is 0 Å². The van der Waals surface area contributed by atoms with Crippen molar-refractivity contribution in [1.82, 2.24) is 4.90 Å². The number of hydrogen-bond acceptors (Lipinski definition) is 4. The van der Waals surface area contributed by atoms with Crippen LogP contribution in [0.2, 0.25) is 0 Å². The Morgan fingerprint density at radius 3 is 2.60 bits per heavy atom. The standard InChI is InChI=1S/C14H21N3O3/c1-2-3-7-17(9-12(16)18)8-10-5-4-6-11(15)13(10)14(19)20/h4-6H,2-3,7-9,15H2,1H3,(H2,16,18)(H,19,20). The molecule has 1 amide bonds. The monoisotopic (exact) mass is 279 g/mol. The quantitative estimate of drug-likeness (QED) is 0.616. The number of anilines is 1. The number of rotatable bonds is 8. The number of carbonyl (C=O) groups is 2. The van der Waals surface area contributed by atoms with Gasteiger partial charge in [-0.15, -0.1) is 0 Å². The molecule has 1 aromatic rings. The van der Waals surface area contributed by atoms with Crippen LogP contribution in [-0.2, 0) is 11.3 Å². The Bertz CT molecular complexity index is 489. The van der Waals surface area contributed by atoms with Gasteiger partial charge in [0.25, 0.3) is 0 Å². The summed E-state index contributed by atoms with van der Waals surface area (Å²) in [6.45, 7) is 3.18. The first kappa shape index (κ1) is 16.0. The van der Waals surface area contributed by atoms with Crippen LogP contribution in [0.15, 0.2) is 18.2 Å². The maximum absolute atomic E-state index is 11.3. The molecule has 0 fully saturated rings. The normalized spacial score (nSPS) is 10.7. The average Bonchev–Trinajstić information content (AvgIpc) is 2.34. The van der Waals surface area contributed by atoms with Crippen LogP contribution >= 0.6 is 0 Å². The average molecular weight is 279 g/mol. The molecule has 0 bridgehead atoms. The number of nitrogen functional groups attached to an aromatic ring is 1. The summed E-state index contributed by atoms with van der Waals surface area (Å²) >= 11 is 0. The maximum Gasteiger partial charge on any atom is 0.338 e. The third-order valence-electron chi connectivity index (χ3n) is 3.00. The van der Waals surface area contributed by atoms with Crippen molar-refractivity contribution in [2.45, 2.75) is 26.3 Å². The lowest BCUT2D eigenvalue weighted by Gasteiger charge is -2.21. The first-order valence-corrected chi connectivity index (χ1v) is 6.57. The van der Waals surface area contributed by atoms with Crippen LogP contribution in [-0.4, -0.2) is 35.0 Å². The SMILES string of the molecule is CCCCN(CC(N)=O)Cc1cccc(N)c1C(=O)O. The summed E-state index contributed by atoms with van der Waals surface area (Å²) in [6, 6.07) is 4.97. The zero-order valence-corrected chi connectivity index (χ0v) is 11.6. The minimum atomic E-state index is -1.06. The fraction of sp³-hybridized carbons (Fsp3) is 0.429. The van der Waals surface area contributed by atoms with Crippen LogP contribution in [0.1, 0.15) is 35.7 Å². The van der Waals surface area contributed by atoms with E-state index in [1.807, 2.05) is 11.8 Å². The third-order valence-corrected chi connectivity index (χ3v) is 3.00. The second-order valence-electron chi connectivity index (χ2n) is 4.72. The number of carbonyl (C=O) groups excluding carboxylic acids is 1. The van der Waals surface area contributed by atoms with Crippen LogP contribution in [0, 0.1) is 0 Å². The van der Waals surface area contributed by atoms with Gasteiger partial charge in [0.15, 0.2) is 0 Å². The summed E-state index contributed by atoms with van der Waals surface area (Å²) in [7, 11) is 0. The van der Waals surface area contributed by atoms with Crippen molar-refractivity contribution in [3.63, 3.8) is 0 Å². The van der Waals surface area contributed by atoms with E-state index >= 15 is 0 Å². The molecule has 1 aromatic carbocycles. The van der Waals surface area contributed by atoms with Crippen LogP contribution in [0.4, 0.5) is 5.69 Å². The summed E-state index contributed by atoms with van der Waals surface area (Å²) in [5.74, 6) is -1.49. The Labute approximate surface area is 118 Å². The number of primary amides is 1. The fourth-order valence-electron chi connectivity index (χ4n) is 2.07. The van der Waals surface area contributed by atoms with Gasteiger partial charge in [0, 0.05) is 12.2 Å². The second-order valence-corrected chi connectivity index (χ2v) is 4.72. The molecule has 0 spiro atoms. The highest BCUT2D eigenvalue weighted by Crippen LogP contribution is 2.19. The molecular weight excluding hydrogens is 258 g/mol. The van der Waals surface area contributed by atoms with Crippen molar-refractivity contribution >= 4 is 17.6 Å². The molecule has 0 aliphatic carbocycles. The molecule has 0 saturated heterocycles. The highest BCUT2D eigenvalue weighted by Gasteiger charge is 2.17. The minimum Gasteiger partial charge on any atom is -0.478 e. The van der Waals surface area contributed by atoms with E-state index in [4.69, 9.17) is 11.5 Å². The fourth-order valence-corrected chi connectivity index (χ4v) is 2.07. The summed E-state index contributed by atoms with van der Waals surface area (Å²) in [5, 5.41) is 9.23. The van der Waals surface area contributed by atoms with E-state index in [-0.39, 0.29) is 17.8 Å². The number of nitrogens with zero attached hydrogens (tertiary/aromatic N) is 1. The van der Waals surface area contributed by atoms with E-state index in [0.29, 0.717) is 18.7 Å². The minimum absolute atomic E-state index is 0.0958. The largest absolute Gasteiger partial charge is 0.478 e. The van der Waals surface area contributed by atoms with Gasteiger partial charge < -0.3 is 16.6 Å². The maximum atomic E-state index is 11.3. The van der Waals surface area contributed by atoms with E-state index in [1.54, 1.807) is 18.2 Å². The first-order chi connectivity index (χ1) is 9.45. The number of carboxylic acid groups (broad SMARTS) is 1. The molecule has 0 atom stereocenters. The third kappa shape index (κ3) is 4.55. The van der Waals surface area contributed by atoms with Crippen molar-refractivity contribution in [3.05, 3.63) is 29.3 Å². The van der Waals surface area contributed by atoms with Gasteiger partial charge in [0.2, 0.25) is 5.91 Å². The molecule has 5 N–H and O–H groups in total. The molecule has 6 heteroatoms. The Kier molecular flexibility index (Phi) is 5.99. The summed E-state index contributed by atoms with van der Waals surface area (Å²) in [4.78, 5) is 24.2. The molecule has 1 rings (SSSR count). The number of aromatic carboxylic acids is 1. The Morgan fingerprint density at radius 2 is 2.05 bits per heavy atom. The van der Waals surface area contributed by atoms with Gasteiger partial charge in [-0.05, 0) is 24.6 Å². The lowest BCUT2D eigenvalue weighted by atomic mass is 10.0. The van der Waals surface area contributed by atoms with Crippen LogP contribution < -0.4 is 11.5 Å². The van der Waals surface area contributed by atoms with Gasteiger partial charge in [0.05, 0.1) is 12.1 Å². The zero-order valence-electron chi connectivity index (χ0n) is 11.6. The van der Waals surface area contributed by atoms with Crippen LogP contribution in [0.25, 0.3) is 0 Å². The highest BCUT2D eigenvalue weighted by atomic mass is 16.4. The van der Waals surface area contributed by atoms with Gasteiger partial charge >= 0.3 is 5.97 Å². The number of unbranched alkanes of at least 4 members (excludes halogenated alkanes) is 1. The molecule has 0 unspecified atom stereocenters. The van der Waals surface area contributed by atoms with Gasteiger partial charge in [0.1, 0.15) is 0 Å². The molecule has 0 aliphatic heterocycles. The predicted molar refractivity (Wildman–Crippen MR) is 77.2 cm³/mol. The number of carboxylic acids is 1. The molecule has 0 saturated carbocycles. The number of amides is 1. The highest BCUT2D eigenvalue weighted by molar-refractivity contribution is 5.95. The molecule has 0 radical (unpaired) electrons. The summed E-state index contributed by atoms with van der Waals surface area (Å²) in [6.07, 6.45) is 1.90. The lowest BCUT2D eigenvalue weighted by Crippen LogP contribution is -2.34. The Morgan fingerprint density at radius 1 is 1.35 bits per heavy atom. The van der Waals surface area contributed by atoms with Crippen LogP contribution in [0.5, 0.6) is 0 Å². The van der Waals surface area contributed by atoms with Crippen molar-refractivity contribution in [3.8, 4) is 0 Å². The molecule has 110 valence electrons. The van der Waals surface area contributed by atoms with E-state index in [9.17, 15) is 14.7 Å². The van der Waals surface area contributed by atoms with Gasteiger partial charge in [-0.3, -0.25) is 9.69 Å². The topological polar surface area (TPSA) is 110 Å². The molecular formula is C14H21N3O3. The van der Waals surface area contributed by atoms with Gasteiger partial charge in [-0.25, -0.2) is 4.79 Å².